The van der Waals surface area contributed by atoms with Crippen molar-refractivity contribution in [1.29, 1.82) is 0 Å². The van der Waals surface area contributed by atoms with E-state index in [1.807, 2.05) is 0 Å². The fourth-order valence-corrected chi connectivity index (χ4v) is 0. The Labute approximate surface area is 58.2 Å². The van der Waals surface area contributed by atoms with E-state index in [0.29, 0.717) is 10.9 Å². The lowest BCUT2D eigenvalue weighted by Crippen LogP contribution is -1.91. The zero-order chi connectivity index (χ0) is 8.08. The molecule has 4 nitrogen and oxygen atoms in total. The molecule has 0 aromatic heterocycles. The van der Waals surface area contributed by atoms with Crippen LogP contribution in [0.2, 0.25) is 0 Å². The minimum Gasteiger partial charge on any atom is -0.759 e. The second-order valence-electron chi connectivity index (χ2n) is 1.63. The Morgan fingerprint density at radius 1 is 1.11 bits per heavy atom. The third kappa shape index (κ3) is 6570. The SMILES string of the molecule is C[S+2](C)C.O=S(=O)([O-])[O-]. The summed E-state index contributed by atoms with van der Waals surface area (Å²) < 4.78 is 34.1. The van der Waals surface area contributed by atoms with E-state index in [-0.39, 0.29) is 0 Å². The van der Waals surface area contributed by atoms with Gasteiger partial charge in [-0.1, -0.05) is 0 Å². The molecule has 0 atom stereocenters. The largest absolute Gasteiger partial charge is 0.759 e. The third-order valence-corrected chi connectivity index (χ3v) is 0. The van der Waals surface area contributed by atoms with E-state index in [1.54, 1.807) is 0 Å². The van der Waals surface area contributed by atoms with Crippen molar-refractivity contribution in [2.75, 3.05) is 18.8 Å². The topological polar surface area (TPSA) is 80.3 Å². The second kappa shape index (κ2) is 5.04. The summed E-state index contributed by atoms with van der Waals surface area (Å²) in [5.74, 6) is 0. The minimum atomic E-state index is -5.17. The van der Waals surface area contributed by atoms with E-state index in [9.17, 15) is 0 Å². The summed E-state index contributed by atoms with van der Waals surface area (Å²) in [6.07, 6.45) is 6.58. The molecule has 0 heterocycles. The van der Waals surface area contributed by atoms with Crippen molar-refractivity contribution in [3.05, 3.63) is 0 Å². The fraction of sp³-hybridized carbons (Fsp3) is 1.00. The molecule has 6 heteroatoms. The third-order valence-electron chi connectivity index (χ3n) is 0. The van der Waals surface area contributed by atoms with Crippen molar-refractivity contribution in [2.45, 2.75) is 0 Å². The van der Waals surface area contributed by atoms with Crippen molar-refractivity contribution in [2.24, 2.45) is 0 Å². The Bertz CT molecular complexity index is 125. The van der Waals surface area contributed by atoms with Gasteiger partial charge in [0.25, 0.3) is 0 Å². The van der Waals surface area contributed by atoms with Gasteiger partial charge < -0.3 is 9.11 Å². The van der Waals surface area contributed by atoms with E-state index >= 15 is 0 Å². The highest BCUT2D eigenvalue weighted by atomic mass is 32.3. The Morgan fingerprint density at radius 2 is 1.11 bits per heavy atom. The molecule has 0 aromatic carbocycles. The maximum absolute atomic E-state index is 8.52. The van der Waals surface area contributed by atoms with Crippen molar-refractivity contribution >= 4 is 21.3 Å². The Balaban J connectivity index is 0. The van der Waals surface area contributed by atoms with Crippen LogP contribution >= 0.6 is 0 Å². The van der Waals surface area contributed by atoms with E-state index in [0.717, 1.165) is 0 Å². The highest BCUT2D eigenvalue weighted by Crippen LogP contribution is 1.63. The molecule has 1 radical (unpaired) electrons. The first kappa shape index (κ1) is 12.0. The maximum Gasteiger partial charge on any atom is 0.209 e. The summed E-state index contributed by atoms with van der Waals surface area (Å²) in [6.45, 7) is 0. The van der Waals surface area contributed by atoms with Gasteiger partial charge in [0.1, 0.15) is 0 Å². The summed E-state index contributed by atoms with van der Waals surface area (Å²) in [5.41, 5.74) is 0. The van der Waals surface area contributed by atoms with Crippen LogP contribution in [0, 0.1) is 0 Å². The first-order valence-electron chi connectivity index (χ1n) is 1.89. The molecular formula is C3H9O4S2. The minimum absolute atomic E-state index is 0.639. The molecule has 0 N–H and O–H groups in total. The Kier molecular flexibility index (Phi) is 6.69. The predicted octanol–water partition coefficient (Wildman–Crippen LogP) is -0.844. The molecule has 0 amide bonds. The maximum atomic E-state index is 8.52. The van der Waals surface area contributed by atoms with E-state index in [1.165, 1.54) is 0 Å². The predicted molar refractivity (Wildman–Crippen MR) is 35.6 cm³/mol. The number of rotatable bonds is 0. The molecule has 57 valence electrons. The van der Waals surface area contributed by atoms with Gasteiger partial charge in [0.2, 0.25) is 18.8 Å². The van der Waals surface area contributed by atoms with Gasteiger partial charge in [0.05, 0.1) is 10.9 Å². The highest BCUT2D eigenvalue weighted by Gasteiger charge is 1.89. The zero-order valence-corrected chi connectivity index (χ0v) is 7.08. The molecular weight excluding hydrogens is 164 g/mol. The summed E-state index contributed by atoms with van der Waals surface area (Å²) in [4.78, 5) is 0. The molecule has 0 saturated heterocycles. The standard InChI is InChI=1S/C3H9S.H2O4S/c1-4(2)3;1-5(2,3)4/h1-3H3;(H2,1,2,3,4)/q+2;/p-2. The van der Waals surface area contributed by atoms with E-state index in [2.05, 4.69) is 18.8 Å². The van der Waals surface area contributed by atoms with Crippen LogP contribution in [-0.4, -0.2) is 36.3 Å². The van der Waals surface area contributed by atoms with Crippen LogP contribution in [0.5, 0.6) is 0 Å². The van der Waals surface area contributed by atoms with Crippen molar-refractivity contribution in [1.82, 2.24) is 0 Å². The van der Waals surface area contributed by atoms with E-state index in [4.69, 9.17) is 17.5 Å². The average Bonchev–Trinajstić information content (AvgIpc) is 1.19. The molecule has 0 spiro atoms. The quantitative estimate of drug-likeness (QED) is 0.353. The summed E-state index contributed by atoms with van der Waals surface area (Å²) in [6, 6.07) is 0. The highest BCUT2D eigenvalue weighted by molar-refractivity contribution is 7.94. The van der Waals surface area contributed by atoms with Gasteiger partial charge in [0.15, 0.2) is 0 Å². The first-order chi connectivity index (χ1) is 3.73. The number of hydrogen-bond acceptors (Lipinski definition) is 4. The van der Waals surface area contributed by atoms with Crippen LogP contribution < -0.4 is 0 Å². The van der Waals surface area contributed by atoms with Crippen LogP contribution in [0.4, 0.5) is 0 Å². The van der Waals surface area contributed by atoms with Gasteiger partial charge in [0, 0.05) is 10.4 Å². The van der Waals surface area contributed by atoms with Gasteiger partial charge in [-0.2, -0.15) is 0 Å². The van der Waals surface area contributed by atoms with Crippen molar-refractivity contribution < 1.29 is 17.5 Å². The molecule has 0 bridgehead atoms. The van der Waals surface area contributed by atoms with Crippen LogP contribution in [-0.2, 0) is 21.3 Å². The Morgan fingerprint density at radius 3 is 1.11 bits per heavy atom. The lowest BCUT2D eigenvalue weighted by Gasteiger charge is -2.06. The molecule has 0 rings (SSSR count). The molecule has 0 aliphatic carbocycles. The second-order valence-corrected chi connectivity index (χ2v) is 4.90. The first-order valence-corrected chi connectivity index (χ1v) is 5.67. The van der Waals surface area contributed by atoms with Gasteiger partial charge in [-0.05, 0) is 0 Å². The molecule has 0 aliphatic rings. The average molecular weight is 173 g/mol. The normalized spacial score (nSPS) is 10.4. The summed E-state index contributed by atoms with van der Waals surface area (Å²) in [5, 5.41) is 0. The van der Waals surface area contributed by atoms with Gasteiger partial charge in [-0.25, -0.2) is 0 Å². The zero-order valence-electron chi connectivity index (χ0n) is 5.45. The summed E-state index contributed by atoms with van der Waals surface area (Å²) in [7, 11) is -4.53. The lowest BCUT2D eigenvalue weighted by atomic mass is 11.9. The molecule has 0 saturated carbocycles. The number of hydrogen-bond donors (Lipinski definition) is 0. The van der Waals surface area contributed by atoms with Crippen LogP contribution in [0.1, 0.15) is 0 Å². The fourth-order valence-electron chi connectivity index (χ4n) is 0. The summed E-state index contributed by atoms with van der Waals surface area (Å²) >= 11 is 0. The lowest BCUT2D eigenvalue weighted by molar-refractivity contribution is 0.352. The molecule has 0 unspecified atom stereocenters. The van der Waals surface area contributed by atoms with E-state index < -0.39 is 10.4 Å². The van der Waals surface area contributed by atoms with Gasteiger partial charge in [-0.15, -0.1) is 0 Å². The molecule has 9 heavy (non-hydrogen) atoms. The van der Waals surface area contributed by atoms with Gasteiger partial charge >= 0.3 is 0 Å². The Hall–Kier alpha value is 0.220. The van der Waals surface area contributed by atoms with Crippen LogP contribution in [0.15, 0.2) is 0 Å². The molecule has 0 aromatic rings. The smallest absolute Gasteiger partial charge is 0.209 e. The monoisotopic (exact) mass is 173 g/mol. The van der Waals surface area contributed by atoms with Crippen molar-refractivity contribution in [3.8, 4) is 0 Å². The molecule has 0 aliphatic heterocycles. The van der Waals surface area contributed by atoms with Crippen molar-refractivity contribution in [3.63, 3.8) is 0 Å². The van der Waals surface area contributed by atoms with Crippen LogP contribution in [0.3, 0.4) is 0 Å². The molecule has 0 fully saturated rings. The van der Waals surface area contributed by atoms with Crippen LogP contribution in [0.25, 0.3) is 0 Å². The van der Waals surface area contributed by atoms with Gasteiger partial charge in [-0.3, -0.25) is 8.42 Å².